The minimum Gasteiger partial charge on any atom is -0.490 e. The molecule has 0 amide bonds. The minimum atomic E-state index is 0.142. The maximum atomic E-state index is 11.8. The first-order valence-corrected chi connectivity index (χ1v) is 6.59. The summed E-state index contributed by atoms with van der Waals surface area (Å²) in [4.78, 5) is 12.6. The lowest BCUT2D eigenvalue weighted by Crippen LogP contribution is -2.22. The Morgan fingerprint density at radius 1 is 1.39 bits per heavy atom. The Balaban J connectivity index is 2.34. The third-order valence-corrected chi connectivity index (χ3v) is 3.18. The normalized spacial score (nSPS) is 15.0. The molecule has 0 saturated heterocycles. The zero-order valence-corrected chi connectivity index (χ0v) is 11.9. The van der Waals surface area contributed by atoms with E-state index < -0.39 is 0 Å². The molecular weight excluding hydrogens is 246 g/mol. The van der Waals surface area contributed by atoms with Crippen LogP contribution >= 0.6 is 12.6 Å². The van der Waals surface area contributed by atoms with E-state index in [-0.39, 0.29) is 11.2 Å². The van der Waals surface area contributed by atoms with Gasteiger partial charge in [-0.05, 0) is 17.5 Å². The third kappa shape index (κ3) is 2.80. The zero-order valence-electron chi connectivity index (χ0n) is 11.0. The average molecular weight is 265 g/mol. The van der Waals surface area contributed by atoms with Crippen LogP contribution in [0.25, 0.3) is 0 Å². The third-order valence-electron chi connectivity index (χ3n) is 2.81. The molecule has 0 radical (unpaired) electrons. The van der Waals surface area contributed by atoms with E-state index in [1.807, 2.05) is 6.07 Å². The van der Waals surface area contributed by atoms with Gasteiger partial charge in [-0.3, -0.25) is 4.79 Å². The van der Waals surface area contributed by atoms with E-state index in [1.54, 1.807) is 6.07 Å². The Kier molecular flexibility index (Phi) is 3.57. The molecule has 2 rings (SSSR count). The number of ketones is 1. The van der Waals surface area contributed by atoms with Crippen LogP contribution in [0, 0.1) is 5.41 Å². The predicted molar refractivity (Wildman–Crippen MR) is 76.1 cm³/mol. The topological polar surface area (TPSA) is 38.3 Å². The SMILES string of the molecule is CC(C)(C)CNc1c(S)ccc2c1OCCC2=O. The smallest absolute Gasteiger partial charge is 0.170 e. The van der Waals surface area contributed by atoms with E-state index >= 15 is 0 Å². The number of hydrogen-bond acceptors (Lipinski definition) is 4. The van der Waals surface area contributed by atoms with E-state index in [2.05, 4.69) is 38.7 Å². The number of anilines is 1. The molecule has 1 aliphatic rings. The number of benzene rings is 1. The van der Waals surface area contributed by atoms with E-state index in [0.29, 0.717) is 24.3 Å². The summed E-state index contributed by atoms with van der Waals surface area (Å²) in [7, 11) is 0. The van der Waals surface area contributed by atoms with Gasteiger partial charge in [-0.2, -0.15) is 0 Å². The molecule has 4 heteroatoms. The van der Waals surface area contributed by atoms with Gasteiger partial charge in [0.05, 0.1) is 17.9 Å². The molecule has 0 aliphatic carbocycles. The number of rotatable bonds is 2. The highest BCUT2D eigenvalue weighted by Crippen LogP contribution is 2.38. The largest absolute Gasteiger partial charge is 0.490 e. The van der Waals surface area contributed by atoms with Crippen LogP contribution in [0.5, 0.6) is 5.75 Å². The Morgan fingerprint density at radius 3 is 2.78 bits per heavy atom. The highest BCUT2D eigenvalue weighted by atomic mass is 32.1. The summed E-state index contributed by atoms with van der Waals surface area (Å²) in [6, 6.07) is 3.64. The number of Topliss-reactive ketones (excluding diaryl/α,β-unsaturated/α-hetero) is 1. The van der Waals surface area contributed by atoms with E-state index in [4.69, 9.17) is 4.74 Å². The van der Waals surface area contributed by atoms with Crippen LogP contribution in [0.2, 0.25) is 0 Å². The molecule has 1 aromatic rings. The second-order valence-electron chi connectivity index (χ2n) is 5.77. The zero-order chi connectivity index (χ0) is 13.3. The fourth-order valence-electron chi connectivity index (χ4n) is 1.85. The van der Waals surface area contributed by atoms with Gasteiger partial charge in [-0.15, -0.1) is 12.6 Å². The van der Waals surface area contributed by atoms with Gasteiger partial charge in [-0.1, -0.05) is 20.8 Å². The summed E-state index contributed by atoms with van der Waals surface area (Å²) >= 11 is 4.44. The van der Waals surface area contributed by atoms with Crippen LogP contribution in [0.15, 0.2) is 17.0 Å². The summed E-state index contributed by atoms with van der Waals surface area (Å²) in [5.74, 6) is 0.798. The molecule has 1 N–H and O–H groups in total. The van der Waals surface area contributed by atoms with Gasteiger partial charge >= 0.3 is 0 Å². The lowest BCUT2D eigenvalue weighted by Gasteiger charge is -2.25. The second-order valence-corrected chi connectivity index (χ2v) is 6.25. The number of nitrogens with one attached hydrogen (secondary N) is 1. The fraction of sp³-hybridized carbons (Fsp3) is 0.500. The number of ether oxygens (including phenoxy) is 1. The van der Waals surface area contributed by atoms with Crippen LogP contribution < -0.4 is 10.1 Å². The molecule has 3 nitrogen and oxygen atoms in total. The molecule has 0 unspecified atom stereocenters. The number of carbonyl (C=O) groups excluding carboxylic acids is 1. The van der Waals surface area contributed by atoms with Crippen molar-refractivity contribution >= 4 is 24.1 Å². The van der Waals surface area contributed by atoms with E-state index in [9.17, 15) is 4.79 Å². The van der Waals surface area contributed by atoms with E-state index in [1.165, 1.54) is 0 Å². The van der Waals surface area contributed by atoms with Crippen molar-refractivity contribution in [3.63, 3.8) is 0 Å². The van der Waals surface area contributed by atoms with Crippen molar-refractivity contribution in [1.82, 2.24) is 0 Å². The van der Waals surface area contributed by atoms with Crippen LogP contribution in [-0.4, -0.2) is 18.9 Å². The van der Waals surface area contributed by atoms with Crippen molar-refractivity contribution < 1.29 is 9.53 Å². The van der Waals surface area contributed by atoms with Gasteiger partial charge in [-0.25, -0.2) is 0 Å². The summed E-state index contributed by atoms with van der Waals surface area (Å²) in [6.07, 6.45) is 0.456. The molecule has 1 aromatic carbocycles. The van der Waals surface area contributed by atoms with Crippen LogP contribution in [-0.2, 0) is 0 Å². The lowest BCUT2D eigenvalue weighted by atomic mass is 9.96. The van der Waals surface area contributed by atoms with Crippen molar-refractivity contribution in [3.8, 4) is 5.75 Å². The fourth-order valence-corrected chi connectivity index (χ4v) is 2.10. The molecule has 1 aliphatic heterocycles. The van der Waals surface area contributed by atoms with Crippen LogP contribution in [0.1, 0.15) is 37.6 Å². The number of thiol groups is 1. The summed E-state index contributed by atoms with van der Waals surface area (Å²) < 4.78 is 5.64. The van der Waals surface area contributed by atoms with Crippen LogP contribution in [0.3, 0.4) is 0 Å². The molecule has 0 spiro atoms. The Bertz CT molecular complexity index is 477. The highest BCUT2D eigenvalue weighted by Gasteiger charge is 2.23. The summed E-state index contributed by atoms with van der Waals surface area (Å²) in [5, 5.41) is 3.35. The first-order chi connectivity index (χ1) is 8.38. The molecule has 0 saturated carbocycles. The Labute approximate surface area is 113 Å². The Hall–Kier alpha value is -1.16. The molecule has 0 aromatic heterocycles. The first-order valence-electron chi connectivity index (χ1n) is 6.14. The van der Waals surface area contributed by atoms with Crippen molar-refractivity contribution in [3.05, 3.63) is 17.7 Å². The maximum Gasteiger partial charge on any atom is 0.170 e. The van der Waals surface area contributed by atoms with Crippen molar-refractivity contribution in [2.45, 2.75) is 32.1 Å². The van der Waals surface area contributed by atoms with Gasteiger partial charge in [0.25, 0.3) is 0 Å². The molecule has 0 atom stereocenters. The molecule has 0 bridgehead atoms. The quantitative estimate of drug-likeness (QED) is 0.805. The number of hydrogen-bond donors (Lipinski definition) is 2. The highest BCUT2D eigenvalue weighted by molar-refractivity contribution is 7.80. The van der Waals surface area contributed by atoms with Crippen molar-refractivity contribution in [2.75, 3.05) is 18.5 Å². The minimum absolute atomic E-state index is 0.142. The molecule has 0 fully saturated rings. The van der Waals surface area contributed by atoms with Crippen molar-refractivity contribution in [2.24, 2.45) is 5.41 Å². The average Bonchev–Trinajstić information content (AvgIpc) is 2.26. The molecule has 18 heavy (non-hydrogen) atoms. The summed E-state index contributed by atoms with van der Waals surface area (Å²) in [5.41, 5.74) is 1.65. The van der Waals surface area contributed by atoms with Crippen molar-refractivity contribution in [1.29, 1.82) is 0 Å². The number of fused-ring (bicyclic) bond motifs is 1. The standard InChI is InChI=1S/C14H19NO2S/c1-14(2,3)8-15-12-11(18)5-4-9-10(16)6-7-17-13(9)12/h4-5,15,18H,6-8H2,1-3H3. The maximum absolute atomic E-state index is 11.8. The van der Waals surface area contributed by atoms with Gasteiger partial charge in [0.15, 0.2) is 11.5 Å². The van der Waals surface area contributed by atoms with Gasteiger partial charge in [0.2, 0.25) is 0 Å². The van der Waals surface area contributed by atoms with Crippen LogP contribution in [0.4, 0.5) is 5.69 Å². The van der Waals surface area contributed by atoms with Gasteiger partial charge in [0, 0.05) is 17.9 Å². The summed E-state index contributed by atoms with van der Waals surface area (Å²) in [6.45, 7) is 7.71. The monoisotopic (exact) mass is 265 g/mol. The van der Waals surface area contributed by atoms with E-state index in [0.717, 1.165) is 17.1 Å². The second kappa shape index (κ2) is 4.84. The molecule has 98 valence electrons. The molecular formula is C14H19NO2S. The van der Waals surface area contributed by atoms with Gasteiger partial charge in [0.1, 0.15) is 0 Å². The van der Waals surface area contributed by atoms with Gasteiger partial charge < -0.3 is 10.1 Å². The predicted octanol–water partition coefficient (Wildman–Crippen LogP) is 3.40. The molecule has 1 heterocycles. The number of carbonyl (C=O) groups is 1. The Morgan fingerprint density at radius 2 is 2.11 bits per heavy atom. The lowest BCUT2D eigenvalue weighted by molar-refractivity contribution is 0.0934. The first kappa shape index (κ1) is 13.3.